The van der Waals surface area contributed by atoms with Gasteiger partial charge in [-0.15, -0.1) is 0 Å². The van der Waals surface area contributed by atoms with Crippen molar-refractivity contribution in [1.29, 1.82) is 0 Å². The minimum Gasteiger partial charge on any atom is -0.466 e. The smallest absolute Gasteiger partial charge is 0.106 e. The van der Waals surface area contributed by atoms with Gasteiger partial charge in [0, 0.05) is 24.4 Å². The lowest BCUT2D eigenvalue weighted by Crippen LogP contribution is -2.29. The van der Waals surface area contributed by atoms with E-state index in [9.17, 15) is 0 Å². The molecule has 0 spiro atoms. The summed E-state index contributed by atoms with van der Waals surface area (Å²) in [6.45, 7) is 5.96. The summed E-state index contributed by atoms with van der Waals surface area (Å²) in [6, 6.07) is -0.0823. The first-order valence-electron chi connectivity index (χ1n) is 5.55. The van der Waals surface area contributed by atoms with E-state index in [-0.39, 0.29) is 6.04 Å². The first kappa shape index (κ1) is 11.9. The average Bonchev–Trinajstić information content (AvgIpc) is 2.79. The number of aromatic nitrogens is 2. The number of aryl methyl sites for hydroxylation is 3. The van der Waals surface area contributed by atoms with Crippen LogP contribution < -0.4 is 11.3 Å². The quantitative estimate of drug-likeness (QED) is 0.623. The molecular weight excluding hydrogens is 216 g/mol. The highest BCUT2D eigenvalue weighted by Crippen LogP contribution is 2.30. The second kappa shape index (κ2) is 4.35. The third-order valence-corrected chi connectivity index (χ3v) is 3.13. The van der Waals surface area contributed by atoms with Crippen molar-refractivity contribution in [2.24, 2.45) is 12.9 Å². The van der Waals surface area contributed by atoms with E-state index in [1.54, 1.807) is 4.68 Å². The average molecular weight is 234 g/mol. The van der Waals surface area contributed by atoms with Crippen molar-refractivity contribution < 1.29 is 4.42 Å². The van der Waals surface area contributed by atoms with Gasteiger partial charge in [0.1, 0.15) is 11.5 Å². The van der Waals surface area contributed by atoms with Crippen LogP contribution in [0.3, 0.4) is 0 Å². The number of hydrazine groups is 1. The minimum atomic E-state index is -0.0823. The van der Waals surface area contributed by atoms with Crippen molar-refractivity contribution in [3.05, 3.63) is 40.6 Å². The highest BCUT2D eigenvalue weighted by atomic mass is 16.3. The molecule has 17 heavy (non-hydrogen) atoms. The predicted octanol–water partition coefficient (Wildman–Crippen LogP) is 1.49. The van der Waals surface area contributed by atoms with Gasteiger partial charge in [0.15, 0.2) is 0 Å². The summed E-state index contributed by atoms with van der Waals surface area (Å²) in [5.74, 6) is 7.49. The molecule has 5 heteroatoms. The van der Waals surface area contributed by atoms with Gasteiger partial charge in [0.2, 0.25) is 0 Å². The van der Waals surface area contributed by atoms with Crippen LogP contribution in [0.4, 0.5) is 0 Å². The van der Waals surface area contributed by atoms with Crippen molar-refractivity contribution in [2.75, 3.05) is 0 Å². The van der Waals surface area contributed by atoms with Gasteiger partial charge in [0.05, 0.1) is 12.2 Å². The van der Waals surface area contributed by atoms with E-state index in [1.165, 1.54) is 0 Å². The number of hydrogen-bond acceptors (Lipinski definition) is 4. The van der Waals surface area contributed by atoms with E-state index >= 15 is 0 Å². The maximum absolute atomic E-state index is 5.66. The molecular formula is C12H18N4O. The van der Waals surface area contributed by atoms with Crippen molar-refractivity contribution in [3.63, 3.8) is 0 Å². The van der Waals surface area contributed by atoms with E-state index in [0.717, 1.165) is 28.2 Å². The first-order valence-corrected chi connectivity index (χ1v) is 5.55. The molecule has 0 saturated heterocycles. The normalized spacial score (nSPS) is 13.0. The van der Waals surface area contributed by atoms with Gasteiger partial charge in [-0.3, -0.25) is 10.5 Å². The van der Waals surface area contributed by atoms with E-state index < -0.39 is 0 Å². The molecule has 2 aromatic rings. The second-order valence-electron chi connectivity index (χ2n) is 4.30. The fourth-order valence-electron chi connectivity index (χ4n) is 2.17. The van der Waals surface area contributed by atoms with Gasteiger partial charge in [-0.25, -0.2) is 5.43 Å². The monoisotopic (exact) mass is 234 g/mol. The van der Waals surface area contributed by atoms with E-state index in [0.29, 0.717) is 0 Å². The lowest BCUT2D eigenvalue weighted by molar-refractivity contribution is 0.494. The van der Waals surface area contributed by atoms with Crippen LogP contribution in [0.25, 0.3) is 0 Å². The molecule has 0 radical (unpaired) electrons. The molecule has 0 aliphatic heterocycles. The van der Waals surface area contributed by atoms with Crippen LogP contribution in [0.5, 0.6) is 0 Å². The Morgan fingerprint density at radius 3 is 2.47 bits per heavy atom. The van der Waals surface area contributed by atoms with Crippen LogP contribution in [0.2, 0.25) is 0 Å². The molecule has 0 saturated carbocycles. The highest BCUT2D eigenvalue weighted by Gasteiger charge is 2.22. The standard InChI is InChI=1S/C12H18N4O/c1-7-8(2)17-9(3)11(7)12(15-13)10-5-14-16(4)6-10/h5-6,12,15H,13H2,1-4H3. The van der Waals surface area contributed by atoms with Crippen molar-refractivity contribution >= 4 is 0 Å². The van der Waals surface area contributed by atoms with Gasteiger partial charge >= 0.3 is 0 Å². The Hall–Kier alpha value is -1.59. The van der Waals surface area contributed by atoms with Gasteiger partial charge in [-0.1, -0.05) is 0 Å². The first-order chi connectivity index (χ1) is 8.04. The van der Waals surface area contributed by atoms with Gasteiger partial charge in [0.25, 0.3) is 0 Å². The van der Waals surface area contributed by atoms with Crippen LogP contribution in [0.1, 0.15) is 34.3 Å². The SMILES string of the molecule is Cc1oc(C)c(C(NN)c2cnn(C)c2)c1C. The molecule has 0 aliphatic rings. The maximum Gasteiger partial charge on any atom is 0.106 e. The molecule has 2 rings (SSSR count). The largest absolute Gasteiger partial charge is 0.466 e. The molecule has 1 unspecified atom stereocenters. The van der Waals surface area contributed by atoms with E-state index in [1.807, 2.05) is 40.2 Å². The number of rotatable bonds is 3. The van der Waals surface area contributed by atoms with Gasteiger partial charge < -0.3 is 4.42 Å². The molecule has 0 fully saturated rings. The number of furan rings is 1. The number of nitrogens with zero attached hydrogens (tertiary/aromatic N) is 2. The molecule has 2 aromatic heterocycles. The zero-order valence-corrected chi connectivity index (χ0v) is 10.6. The van der Waals surface area contributed by atoms with Crippen LogP contribution in [-0.4, -0.2) is 9.78 Å². The summed E-state index contributed by atoms with van der Waals surface area (Å²) in [7, 11) is 1.89. The summed E-state index contributed by atoms with van der Waals surface area (Å²) in [5.41, 5.74) is 6.09. The number of nitrogens with two attached hydrogens (primary N) is 1. The summed E-state index contributed by atoms with van der Waals surface area (Å²) in [4.78, 5) is 0. The second-order valence-corrected chi connectivity index (χ2v) is 4.30. The Morgan fingerprint density at radius 2 is 2.06 bits per heavy atom. The van der Waals surface area contributed by atoms with Crippen molar-refractivity contribution in [3.8, 4) is 0 Å². The topological polar surface area (TPSA) is 69.0 Å². The lowest BCUT2D eigenvalue weighted by Gasteiger charge is -2.14. The molecule has 2 heterocycles. The fourth-order valence-corrected chi connectivity index (χ4v) is 2.17. The molecule has 3 N–H and O–H groups in total. The van der Waals surface area contributed by atoms with Crippen LogP contribution in [-0.2, 0) is 7.05 Å². The van der Waals surface area contributed by atoms with Crippen LogP contribution in [0, 0.1) is 20.8 Å². The Morgan fingerprint density at radius 1 is 1.35 bits per heavy atom. The Kier molecular flexibility index (Phi) is 3.04. The van der Waals surface area contributed by atoms with Crippen molar-refractivity contribution in [1.82, 2.24) is 15.2 Å². The zero-order valence-electron chi connectivity index (χ0n) is 10.6. The Bertz CT molecular complexity index is 527. The minimum absolute atomic E-state index is 0.0823. The summed E-state index contributed by atoms with van der Waals surface area (Å²) in [6.07, 6.45) is 3.76. The molecule has 0 aliphatic carbocycles. The molecule has 0 bridgehead atoms. The number of hydrogen-bond donors (Lipinski definition) is 2. The predicted molar refractivity (Wildman–Crippen MR) is 65.3 cm³/mol. The van der Waals surface area contributed by atoms with Crippen LogP contribution >= 0.6 is 0 Å². The Balaban J connectivity index is 2.49. The van der Waals surface area contributed by atoms with Crippen molar-refractivity contribution in [2.45, 2.75) is 26.8 Å². The van der Waals surface area contributed by atoms with Gasteiger partial charge in [-0.2, -0.15) is 5.10 Å². The van der Waals surface area contributed by atoms with E-state index in [2.05, 4.69) is 10.5 Å². The third kappa shape index (κ3) is 1.99. The summed E-state index contributed by atoms with van der Waals surface area (Å²) >= 11 is 0. The van der Waals surface area contributed by atoms with Crippen LogP contribution in [0.15, 0.2) is 16.8 Å². The summed E-state index contributed by atoms with van der Waals surface area (Å²) in [5, 5.41) is 4.17. The molecule has 0 amide bonds. The molecule has 5 nitrogen and oxygen atoms in total. The molecule has 1 atom stereocenters. The molecule has 0 aromatic carbocycles. The fraction of sp³-hybridized carbons (Fsp3) is 0.417. The van der Waals surface area contributed by atoms with E-state index in [4.69, 9.17) is 10.3 Å². The van der Waals surface area contributed by atoms with Gasteiger partial charge in [-0.05, 0) is 26.3 Å². The molecule has 92 valence electrons. The lowest BCUT2D eigenvalue weighted by atomic mass is 9.98. The number of nitrogens with one attached hydrogen (secondary N) is 1. The maximum atomic E-state index is 5.66. The summed E-state index contributed by atoms with van der Waals surface area (Å²) < 4.78 is 7.39. The third-order valence-electron chi connectivity index (χ3n) is 3.13. The zero-order chi connectivity index (χ0) is 12.6. The Labute approximate surface area is 101 Å². The highest BCUT2D eigenvalue weighted by molar-refractivity contribution is 5.39.